The highest BCUT2D eigenvalue weighted by molar-refractivity contribution is 8.00. The number of hydrogen-bond donors (Lipinski definition) is 1. The maximum Gasteiger partial charge on any atom is 0.116 e. The highest BCUT2D eigenvalue weighted by Gasteiger charge is 2.15. The molecule has 2 rings (SSSR count). The van der Waals surface area contributed by atoms with Crippen LogP contribution in [0.25, 0.3) is 0 Å². The van der Waals surface area contributed by atoms with Gasteiger partial charge in [0, 0.05) is 10.1 Å². The molecular weight excluding hydrogens is 168 g/mol. The molecule has 1 aromatic rings. The van der Waals surface area contributed by atoms with Crippen molar-refractivity contribution in [1.29, 1.82) is 0 Å². The van der Waals surface area contributed by atoms with Crippen LogP contribution in [0.15, 0.2) is 23.1 Å². The quantitative estimate of drug-likeness (QED) is 0.662. The predicted molar refractivity (Wildman–Crippen MR) is 51.7 cm³/mol. The van der Waals surface area contributed by atoms with Gasteiger partial charge in [0.25, 0.3) is 0 Å². The van der Waals surface area contributed by atoms with Crippen LogP contribution in [-0.4, -0.2) is 10.4 Å². The Morgan fingerprint density at radius 1 is 1.50 bits per heavy atom. The van der Waals surface area contributed by atoms with Gasteiger partial charge in [0.05, 0.1) is 0 Å². The first-order valence-corrected chi connectivity index (χ1v) is 5.12. The molecule has 1 heterocycles. The summed E-state index contributed by atoms with van der Waals surface area (Å²) in [6.45, 7) is 2.23. The SMILES string of the molecule is CC1CCc2ccc(O)cc2S1. The van der Waals surface area contributed by atoms with E-state index in [1.807, 2.05) is 23.9 Å². The van der Waals surface area contributed by atoms with E-state index in [1.165, 1.54) is 16.9 Å². The highest BCUT2D eigenvalue weighted by atomic mass is 32.2. The molecule has 0 spiro atoms. The molecule has 0 saturated heterocycles. The van der Waals surface area contributed by atoms with E-state index in [0.29, 0.717) is 11.0 Å². The van der Waals surface area contributed by atoms with E-state index in [-0.39, 0.29) is 0 Å². The van der Waals surface area contributed by atoms with Crippen molar-refractivity contribution in [2.75, 3.05) is 0 Å². The second kappa shape index (κ2) is 3.02. The van der Waals surface area contributed by atoms with Gasteiger partial charge in [-0.15, -0.1) is 11.8 Å². The molecule has 0 bridgehead atoms. The molecule has 64 valence electrons. The number of rotatable bonds is 0. The second-order valence-corrected chi connectivity index (χ2v) is 4.74. The average Bonchev–Trinajstić information content (AvgIpc) is 2.03. The molecule has 1 unspecified atom stereocenters. The van der Waals surface area contributed by atoms with E-state index in [4.69, 9.17) is 0 Å². The third kappa shape index (κ3) is 1.44. The van der Waals surface area contributed by atoms with Crippen molar-refractivity contribution in [2.45, 2.75) is 29.9 Å². The van der Waals surface area contributed by atoms with E-state index in [1.54, 1.807) is 6.07 Å². The van der Waals surface area contributed by atoms with Gasteiger partial charge < -0.3 is 5.11 Å². The Labute approximate surface area is 76.8 Å². The van der Waals surface area contributed by atoms with Crippen LogP contribution in [0.2, 0.25) is 0 Å². The van der Waals surface area contributed by atoms with Crippen LogP contribution in [0.3, 0.4) is 0 Å². The van der Waals surface area contributed by atoms with E-state index < -0.39 is 0 Å². The zero-order chi connectivity index (χ0) is 8.55. The molecule has 1 aliphatic rings. The first-order chi connectivity index (χ1) is 5.75. The number of aryl methyl sites for hydroxylation is 1. The molecule has 1 aliphatic heterocycles. The standard InChI is InChI=1S/C10H12OS/c1-7-2-3-8-4-5-9(11)6-10(8)12-7/h4-7,11H,2-3H2,1H3. The fourth-order valence-electron chi connectivity index (χ4n) is 1.49. The minimum atomic E-state index is 0.385. The molecule has 0 aliphatic carbocycles. The van der Waals surface area contributed by atoms with Crippen LogP contribution in [0.4, 0.5) is 0 Å². The van der Waals surface area contributed by atoms with Gasteiger partial charge in [-0.1, -0.05) is 13.0 Å². The molecule has 0 saturated carbocycles. The summed E-state index contributed by atoms with van der Waals surface area (Å²) in [5.41, 5.74) is 1.39. The number of hydrogen-bond acceptors (Lipinski definition) is 2. The maximum atomic E-state index is 9.26. The number of thioether (sulfide) groups is 1. The van der Waals surface area contributed by atoms with Gasteiger partial charge in [0.2, 0.25) is 0 Å². The molecule has 12 heavy (non-hydrogen) atoms. The predicted octanol–water partition coefficient (Wildman–Crippen LogP) is 2.82. The molecule has 1 atom stereocenters. The van der Waals surface area contributed by atoms with Gasteiger partial charge in [-0.05, 0) is 30.5 Å². The molecule has 1 N–H and O–H groups in total. The Bertz CT molecular complexity index is 296. The normalized spacial score (nSPS) is 21.9. The van der Waals surface area contributed by atoms with Gasteiger partial charge in [-0.3, -0.25) is 0 Å². The van der Waals surface area contributed by atoms with Crippen LogP contribution in [0.1, 0.15) is 18.9 Å². The molecule has 2 heteroatoms. The molecule has 0 radical (unpaired) electrons. The van der Waals surface area contributed by atoms with Crippen molar-refractivity contribution in [3.05, 3.63) is 23.8 Å². The van der Waals surface area contributed by atoms with Gasteiger partial charge in [-0.25, -0.2) is 0 Å². The minimum absolute atomic E-state index is 0.385. The van der Waals surface area contributed by atoms with Gasteiger partial charge in [-0.2, -0.15) is 0 Å². The Kier molecular flexibility index (Phi) is 2.01. The second-order valence-electron chi connectivity index (χ2n) is 3.26. The Balaban J connectivity index is 2.37. The molecular formula is C10H12OS. The minimum Gasteiger partial charge on any atom is -0.508 e. The third-order valence-electron chi connectivity index (χ3n) is 2.20. The zero-order valence-electron chi connectivity index (χ0n) is 7.08. The van der Waals surface area contributed by atoms with Crippen LogP contribution >= 0.6 is 11.8 Å². The summed E-state index contributed by atoms with van der Waals surface area (Å²) in [6.07, 6.45) is 2.41. The first-order valence-electron chi connectivity index (χ1n) is 4.24. The molecule has 1 aromatic carbocycles. The zero-order valence-corrected chi connectivity index (χ0v) is 7.90. The van der Waals surface area contributed by atoms with Gasteiger partial charge in [0.1, 0.15) is 5.75 Å². The van der Waals surface area contributed by atoms with Crippen LogP contribution in [0.5, 0.6) is 5.75 Å². The van der Waals surface area contributed by atoms with Crippen molar-refractivity contribution in [1.82, 2.24) is 0 Å². The molecule has 0 aromatic heterocycles. The lowest BCUT2D eigenvalue weighted by Crippen LogP contribution is -2.06. The number of aromatic hydroxyl groups is 1. The van der Waals surface area contributed by atoms with Gasteiger partial charge >= 0.3 is 0 Å². The largest absolute Gasteiger partial charge is 0.508 e. The monoisotopic (exact) mass is 180 g/mol. The summed E-state index contributed by atoms with van der Waals surface area (Å²) in [7, 11) is 0. The average molecular weight is 180 g/mol. The third-order valence-corrected chi connectivity index (χ3v) is 3.47. The lowest BCUT2D eigenvalue weighted by molar-refractivity contribution is 0.473. The molecule has 1 nitrogen and oxygen atoms in total. The smallest absolute Gasteiger partial charge is 0.116 e. The van der Waals surface area contributed by atoms with Crippen molar-refractivity contribution in [2.24, 2.45) is 0 Å². The number of benzene rings is 1. The Morgan fingerprint density at radius 2 is 2.33 bits per heavy atom. The Morgan fingerprint density at radius 3 is 3.17 bits per heavy atom. The van der Waals surface area contributed by atoms with Crippen LogP contribution in [-0.2, 0) is 6.42 Å². The summed E-state index contributed by atoms with van der Waals surface area (Å²) in [4.78, 5) is 1.26. The highest BCUT2D eigenvalue weighted by Crippen LogP contribution is 2.36. The topological polar surface area (TPSA) is 20.2 Å². The Hall–Kier alpha value is -0.630. The fourth-order valence-corrected chi connectivity index (χ4v) is 2.67. The van der Waals surface area contributed by atoms with Crippen molar-refractivity contribution in [3.63, 3.8) is 0 Å². The van der Waals surface area contributed by atoms with Crippen LogP contribution < -0.4 is 0 Å². The number of fused-ring (bicyclic) bond motifs is 1. The lowest BCUT2D eigenvalue weighted by atomic mass is 10.1. The maximum absolute atomic E-state index is 9.26. The van der Waals surface area contributed by atoms with E-state index in [0.717, 1.165) is 6.42 Å². The molecule has 0 fully saturated rings. The number of phenolic OH excluding ortho intramolecular Hbond substituents is 1. The first kappa shape index (κ1) is 7.99. The summed E-state index contributed by atoms with van der Waals surface area (Å²) in [5, 5.41) is 9.95. The lowest BCUT2D eigenvalue weighted by Gasteiger charge is -2.20. The van der Waals surface area contributed by atoms with Crippen LogP contribution in [0, 0.1) is 0 Å². The van der Waals surface area contributed by atoms with Crippen molar-refractivity contribution in [3.8, 4) is 5.75 Å². The van der Waals surface area contributed by atoms with Gasteiger partial charge in [0.15, 0.2) is 0 Å². The van der Waals surface area contributed by atoms with Crippen molar-refractivity contribution >= 4 is 11.8 Å². The van der Waals surface area contributed by atoms with E-state index in [2.05, 4.69) is 6.92 Å². The number of phenols is 1. The molecule has 0 amide bonds. The van der Waals surface area contributed by atoms with E-state index >= 15 is 0 Å². The summed E-state index contributed by atoms with van der Waals surface area (Å²) >= 11 is 1.87. The summed E-state index contributed by atoms with van der Waals surface area (Å²) < 4.78 is 0. The van der Waals surface area contributed by atoms with Crippen molar-refractivity contribution < 1.29 is 5.11 Å². The fraction of sp³-hybridized carbons (Fsp3) is 0.400. The summed E-state index contributed by atoms with van der Waals surface area (Å²) in [5.74, 6) is 0.385. The van der Waals surface area contributed by atoms with E-state index in [9.17, 15) is 5.11 Å². The summed E-state index contributed by atoms with van der Waals surface area (Å²) in [6, 6.07) is 5.68.